The molecule has 0 unspecified atom stereocenters. The fourth-order valence-electron chi connectivity index (χ4n) is 1.98. The van der Waals surface area contributed by atoms with Crippen LogP contribution in [0.4, 0.5) is 0 Å². The van der Waals surface area contributed by atoms with E-state index < -0.39 is 0 Å². The van der Waals surface area contributed by atoms with Crippen LogP contribution in [-0.4, -0.2) is 30.3 Å². The molecule has 0 aliphatic rings. The number of hydrogen-bond donors (Lipinski definition) is 0. The number of halogens is 1. The van der Waals surface area contributed by atoms with Gasteiger partial charge in [-0.1, -0.05) is 30.7 Å². The highest BCUT2D eigenvalue weighted by Crippen LogP contribution is 2.32. The van der Waals surface area contributed by atoms with Gasteiger partial charge in [0.05, 0.1) is 12.3 Å². The van der Waals surface area contributed by atoms with Crippen molar-refractivity contribution >= 4 is 11.6 Å². The van der Waals surface area contributed by atoms with Gasteiger partial charge in [-0.25, -0.2) is 9.97 Å². The van der Waals surface area contributed by atoms with E-state index in [2.05, 4.69) is 9.97 Å². The molecule has 0 radical (unpaired) electrons. The summed E-state index contributed by atoms with van der Waals surface area (Å²) in [5.41, 5.74) is 2.60. The summed E-state index contributed by atoms with van der Waals surface area (Å²) in [6.07, 6.45) is 0.736. The van der Waals surface area contributed by atoms with Crippen molar-refractivity contribution in [1.29, 1.82) is 0 Å². The third kappa shape index (κ3) is 3.71. The second-order valence-electron chi connectivity index (χ2n) is 4.60. The molecule has 0 bridgehead atoms. The third-order valence-electron chi connectivity index (χ3n) is 3.14. The topological polar surface area (TPSA) is 44.2 Å². The lowest BCUT2D eigenvalue weighted by molar-refractivity contribution is 0.146. The molecule has 0 aliphatic carbocycles. The maximum absolute atomic E-state index is 6.21. The smallest absolute Gasteiger partial charge is 0.136 e. The van der Waals surface area contributed by atoms with Gasteiger partial charge < -0.3 is 9.47 Å². The number of nitrogens with zero attached hydrogens (tertiary/aromatic N) is 2. The van der Waals surface area contributed by atoms with E-state index in [1.54, 1.807) is 7.11 Å². The number of methoxy groups -OCH3 is 1. The summed E-state index contributed by atoms with van der Waals surface area (Å²) in [4.78, 5) is 8.88. The predicted octanol–water partition coefficient (Wildman–Crippen LogP) is 3.69. The van der Waals surface area contributed by atoms with Crippen molar-refractivity contribution in [3.8, 4) is 17.0 Å². The van der Waals surface area contributed by atoms with Crippen LogP contribution in [0, 0.1) is 6.92 Å². The Kier molecular flexibility index (Phi) is 5.53. The van der Waals surface area contributed by atoms with Crippen LogP contribution in [-0.2, 0) is 11.2 Å². The van der Waals surface area contributed by atoms with Gasteiger partial charge >= 0.3 is 0 Å². The fourth-order valence-corrected chi connectivity index (χ4v) is 2.16. The Bertz CT molecular complexity index is 617. The minimum atomic E-state index is 0.489. The van der Waals surface area contributed by atoms with Crippen LogP contribution < -0.4 is 4.74 Å². The van der Waals surface area contributed by atoms with Gasteiger partial charge in [0.2, 0.25) is 0 Å². The summed E-state index contributed by atoms with van der Waals surface area (Å²) in [5, 5.41) is 0.489. The Morgan fingerprint density at radius 1 is 1.14 bits per heavy atom. The molecule has 0 spiro atoms. The van der Waals surface area contributed by atoms with E-state index in [1.807, 2.05) is 38.1 Å². The zero-order valence-electron chi connectivity index (χ0n) is 12.5. The van der Waals surface area contributed by atoms with Crippen LogP contribution >= 0.6 is 11.6 Å². The first-order valence-corrected chi connectivity index (χ1v) is 7.29. The van der Waals surface area contributed by atoms with Gasteiger partial charge in [-0.05, 0) is 19.1 Å². The van der Waals surface area contributed by atoms with Crippen LogP contribution in [0.15, 0.2) is 24.3 Å². The first-order valence-electron chi connectivity index (χ1n) is 6.91. The highest BCUT2D eigenvalue weighted by molar-refractivity contribution is 6.30. The Hall–Kier alpha value is -1.65. The monoisotopic (exact) mass is 306 g/mol. The number of benzene rings is 1. The van der Waals surface area contributed by atoms with E-state index in [4.69, 9.17) is 21.1 Å². The number of rotatable bonds is 6. The lowest BCUT2D eigenvalue weighted by Crippen LogP contribution is -2.06. The molecule has 2 aromatic rings. The van der Waals surface area contributed by atoms with Gasteiger partial charge in [-0.2, -0.15) is 0 Å². The van der Waals surface area contributed by atoms with E-state index in [9.17, 15) is 0 Å². The zero-order chi connectivity index (χ0) is 15.2. The average Bonchev–Trinajstić information content (AvgIpc) is 2.51. The zero-order valence-corrected chi connectivity index (χ0v) is 13.3. The number of ether oxygens (including phenoxy) is 2. The second-order valence-corrected chi connectivity index (χ2v) is 4.95. The van der Waals surface area contributed by atoms with Crippen molar-refractivity contribution in [1.82, 2.24) is 9.97 Å². The third-order valence-corrected chi connectivity index (χ3v) is 3.50. The van der Waals surface area contributed by atoms with Crippen LogP contribution in [0.3, 0.4) is 0 Å². The molecule has 112 valence electrons. The van der Waals surface area contributed by atoms with E-state index in [-0.39, 0.29) is 0 Å². The molecule has 5 heteroatoms. The number of aromatic nitrogens is 2. The molecule has 1 aromatic carbocycles. The van der Waals surface area contributed by atoms with Crippen LogP contribution in [0.25, 0.3) is 11.3 Å². The lowest BCUT2D eigenvalue weighted by atomic mass is 10.1. The molecular formula is C16H19ClN2O2. The minimum absolute atomic E-state index is 0.489. The molecule has 21 heavy (non-hydrogen) atoms. The molecule has 2 rings (SSSR count). The molecule has 0 fully saturated rings. The maximum atomic E-state index is 6.21. The summed E-state index contributed by atoms with van der Waals surface area (Å²) in [7, 11) is 1.65. The molecular weight excluding hydrogens is 288 g/mol. The van der Waals surface area contributed by atoms with Crippen molar-refractivity contribution in [2.24, 2.45) is 0 Å². The molecule has 0 amide bonds. The van der Waals surface area contributed by atoms with Crippen LogP contribution in [0.2, 0.25) is 5.15 Å². The average molecular weight is 307 g/mol. The van der Waals surface area contributed by atoms with Gasteiger partial charge in [-0.15, -0.1) is 0 Å². The second kappa shape index (κ2) is 7.38. The van der Waals surface area contributed by atoms with E-state index in [0.717, 1.165) is 34.8 Å². The Morgan fingerprint density at radius 2 is 1.90 bits per heavy atom. The molecule has 4 nitrogen and oxygen atoms in total. The number of para-hydroxylation sites is 1. The van der Waals surface area contributed by atoms with E-state index >= 15 is 0 Å². The Balaban J connectivity index is 2.44. The summed E-state index contributed by atoms with van der Waals surface area (Å²) in [6.45, 7) is 4.96. The summed E-state index contributed by atoms with van der Waals surface area (Å²) < 4.78 is 10.8. The highest BCUT2D eigenvalue weighted by atomic mass is 35.5. The lowest BCUT2D eigenvalue weighted by Gasteiger charge is -2.13. The van der Waals surface area contributed by atoms with Gasteiger partial charge in [0.25, 0.3) is 0 Å². The van der Waals surface area contributed by atoms with Crippen molar-refractivity contribution in [3.63, 3.8) is 0 Å². The normalized spacial score (nSPS) is 10.7. The standard InChI is InChI=1S/C16H19ClN2O2/c1-4-14-18-15(11(2)16(17)19-14)12-7-5-6-8-13(12)21-10-9-20-3/h5-8H,4,9-10H2,1-3H3. The summed E-state index contributed by atoms with van der Waals surface area (Å²) >= 11 is 6.21. The first kappa shape index (κ1) is 15.7. The van der Waals surface area contributed by atoms with Crippen molar-refractivity contribution < 1.29 is 9.47 Å². The SMILES string of the molecule is CCc1nc(Cl)c(C)c(-c2ccccc2OCCOC)n1. The molecule has 1 heterocycles. The quantitative estimate of drug-likeness (QED) is 0.603. The van der Waals surface area contributed by atoms with Gasteiger partial charge in [0.15, 0.2) is 0 Å². The Labute approximate surface area is 130 Å². The molecule has 0 N–H and O–H groups in total. The van der Waals surface area contributed by atoms with Crippen molar-refractivity contribution in [2.75, 3.05) is 20.3 Å². The van der Waals surface area contributed by atoms with E-state index in [1.165, 1.54) is 0 Å². The molecule has 0 aliphatic heterocycles. The number of aryl methyl sites for hydroxylation is 1. The Morgan fingerprint density at radius 3 is 2.62 bits per heavy atom. The molecule has 0 saturated carbocycles. The fraction of sp³-hybridized carbons (Fsp3) is 0.375. The highest BCUT2D eigenvalue weighted by Gasteiger charge is 2.14. The van der Waals surface area contributed by atoms with Gasteiger partial charge in [0.1, 0.15) is 23.3 Å². The molecule has 0 saturated heterocycles. The molecule has 1 aromatic heterocycles. The summed E-state index contributed by atoms with van der Waals surface area (Å²) in [6, 6.07) is 7.80. The predicted molar refractivity (Wildman–Crippen MR) is 84.0 cm³/mol. The van der Waals surface area contributed by atoms with Gasteiger partial charge in [-0.3, -0.25) is 0 Å². The van der Waals surface area contributed by atoms with E-state index in [0.29, 0.717) is 18.4 Å². The van der Waals surface area contributed by atoms with Crippen LogP contribution in [0.1, 0.15) is 18.3 Å². The maximum Gasteiger partial charge on any atom is 0.136 e. The first-order chi connectivity index (χ1) is 10.2. The van der Waals surface area contributed by atoms with Crippen molar-refractivity contribution in [2.45, 2.75) is 20.3 Å². The van der Waals surface area contributed by atoms with Crippen molar-refractivity contribution in [3.05, 3.63) is 40.8 Å². The van der Waals surface area contributed by atoms with Gasteiger partial charge in [0, 0.05) is 24.7 Å². The number of hydrogen-bond acceptors (Lipinski definition) is 4. The molecule has 0 atom stereocenters. The largest absolute Gasteiger partial charge is 0.490 e. The van der Waals surface area contributed by atoms with Crippen LogP contribution in [0.5, 0.6) is 5.75 Å². The summed E-state index contributed by atoms with van der Waals surface area (Å²) in [5.74, 6) is 1.50. The minimum Gasteiger partial charge on any atom is -0.490 e.